The van der Waals surface area contributed by atoms with Gasteiger partial charge >= 0.3 is 0 Å². The molecule has 1 aromatic heterocycles. The molecule has 64 valence electrons. The predicted molar refractivity (Wildman–Crippen MR) is 38.8 cm³/mol. The number of nitrogens with zero attached hydrogens (tertiary/aromatic N) is 2. The molecular formula is C5H5ClN4O2. The topological polar surface area (TPSA) is 105 Å². The van der Waals surface area contributed by atoms with E-state index in [9.17, 15) is 4.79 Å². The van der Waals surface area contributed by atoms with Crippen LogP contribution in [-0.4, -0.2) is 20.8 Å². The number of hydrogen-bond donors (Lipinski definition) is 3. The van der Waals surface area contributed by atoms with Crippen LogP contribution >= 0.6 is 11.6 Å². The van der Waals surface area contributed by atoms with Gasteiger partial charge < -0.3 is 10.9 Å². The number of halogens is 1. The fraction of sp³-hybridized carbons (Fsp3) is 0. The molecule has 0 radical (unpaired) electrons. The largest absolute Gasteiger partial charge is 0.427 e. The highest BCUT2D eigenvalue weighted by atomic mass is 35.5. The summed E-state index contributed by atoms with van der Waals surface area (Å²) in [5, 5.41) is 15.9. The molecule has 1 amide bonds. The highest BCUT2D eigenvalue weighted by Gasteiger charge is 2.08. The van der Waals surface area contributed by atoms with E-state index in [1.807, 2.05) is 0 Å². The maximum absolute atomic E-state index is 10.6. The Morgan fingerprint density at radius 1 is 1.83 bits per heavy atom. The van der Waals surface area contributed by atoms with Gasteiger partial charge in [0.1, 0.15) is 5.15 Å². The summed E-state index contributed by atoms with van der Waals surface area (Å²) in [7, 11) is 0. The first-order valence-corrected chi connectivity index (χ1v) is 3.23. The minimum Gasteiger partial charge on any atom is -0.427 e. The maximum Gasteiger partial charge on any atom is 0.271 e. The van der Waals surface area contributed by atoms with Gasteiger partial charge in [0.25, 0.3) is 5.91 Å². The van der Waals surface area contributed by atoms with Gasteiger partial charge in [0.2, 0.25) is 0 Å². The Kier molecular flexibility index (Phi) is 2.01. The van der Waals surface area contributed by atoms with Crippen molar-refractivity contribution in [2.75, 3.05) is 0 Å². The third-order valence-electron chi connectivity index (χ3n) is 1.13. The molecule has 0 saturated carbocycles. The van der Waals surface area contributed by atoms with Crippen molar-refractivity contribution in [3.05, 3.63) is 22.5 Å². The number of nitrogens with two attached hydrogens (primary N) is 1. The Bertz CT molecular complexity index is 386. The van der Waals surface area contributed by atoms with Crippen molar-refractivity contribution in [2.24, 2.45) is 5.73 Å². The fourth-order valence-corrected chi connectivity index (χ4v) is 0.811. The summed E-state index contributed by atoms with van der Waals surface area (Å²) in [6, 6.07) is 0. The SMILES string of the molecule is N=c1c(C(N)=O)nc(Cl)cn1O. The zero-order valence-corrected chi connectivity index (χ0v) is 6.54. The number of carbonyl (C=O) groups is 1. The highest BCUT2D eigenvalue weighted by Crippen LogP contribution is 1.99. The number of primary amides is 1. The van der Waals surface area contributed by atoms with Crippen molar-refractivity contribution in [1.29, 1.82) is 5.41 Å². The van der Waals surface area contributed by atoms with E-state index in [2.05, 4.69) is 4.98 Å². The van der Waals surface area contributed by atoms with Crippen LogP contribution in [0.2, 0.25) is 5.15 Å². The zero-order valence-electron chi connectivity index (χ0n) is 5.78. The predicted octanol–water partition coefficient (Wildman–Crippen LogP) is -0.648. The van der Waals surface area contributed by atoms with Gasteiger partial charge in [-0.05, 0) is 0 Å². The lowest BCUT2D eigenvalue weighted by Crippen LogP contribution is -2.30. The number of amides is 1. The summed E-state index contributed by atoms with van der Waals surface area (Å²) in [5.41, 5.74) is 3.98. The summed E-state index contributed by atoms with van der Waals surface area (Å²) in [6.07, 6.45) is 0.982. The summed E-state index contributed by atoms with van der Waals surface area (Å²) in [5.74, 6) is -0.912. The molecule has 0 aliphatic rings. The standard InChI is InChI=1S/C5H5ClN4O2/c6-2-1-10(12)4(7)3(9-2)5(8)11/h1,7,12H,(H2,8,11). The number of rotatable bonds is 1. The molecule has 1 rings (SSSR count). The Hall–Kier alpha value is -1.56. The molecule has 7 heteroatoms. The minimum absolute atomic E-state index is 0.109. The summed E-state index contributed by atoms with van der Waals surface area (Å²) in [6.45, 7) is 0. The third kappa shape index (κ3) is 1.37. The second kappa shape index (κ2) is 2.82. The van der Waals surface area contributed by atoms with E-state index in [0.717, 1.165) is 6.20 Å². The minimum atomic E-state index is -0.912. The van der Waals surface area contributed by atoms with Gasteiger partial charge in [0.05, 0.1) is 6.20 Å². The van der Waals surface area contributed by atoms with Crippen LogP contribution in [0.15, 0.2) is 6.20 Å². The molecule has 4 N–H and O–H groups in total. The molecule has 1 aromatic rings. The molecule has 0 aliphatic heterocycles. The number of nitrogens with one attached hydrogen (secondary N) is 1. The Labute approximate surface area is 71.7 Å². The first-order valence-electron chi connectivity index (χ1n) is 2.85. The van der Waals surface area contributed by atoms with Gasteiger partial charge in [0, 0.05) is 0 Å². The molecule has 6 nitrogen and oxygen atoms in total. The average molecular weight is 189 g/mol. The van der Waals surface area contributed by atoms with Crippen LogP contribution in [0.4, 0.5) is 0 Å². The van der Waals surface area contributed by atoms with Gasteiger partial charge in [0.15, 0.2) is 11.2 Å². The molecule has 1 heterocycles. The van der Waals surface area contributed by atoms with Crippen LogP contribution in [-0.2, 0) is 0 Å². The van der Waals surface area contributed by atoms with Gasteiger partial charge in [-0.2, -0.15) is 4.73 Å². The van der Waals surface area contributed by atoms with Gasteiger partial charge in [-0.3, -0.25) is 10.2 Å². The van der Waals surface area contributed by atoms with Crippen molar-refractivity contribution in [3.63, 3.8) is 0 Å². The van der Waals surface area contributed by atoms with Gasteiger partial charge in [-0.1, -0.05) is 11.6 Å². The van der Waals surface area contributed by atoms with Gasteiger partial charge in [-0.25, -0.2) is 4.98 Å². The Morgan fingerprint density at radius 3 is 2.92 bits per heavy atom. The van der Waals surface area contributed by atoms with E-state index < -0.39 is 11.4 Å². The second-order valence-corrected chi connectivity index (χ2v) is 2.36. The van der Waals surface area contributed by atoms with E-state index in [1.54, 1.807) is 0 Å². The van der Waals surface area contributed by atoms with Crippen LogP contribution in [0.3, 0.4) is 0 Å². The monoisotopic (exact) mass is 188 g/mol. The van der Waals surface area contributed by atoms with Crippen molar-refractivity contribution in [3.8, 4) is 0 Å². The lowest BCUT2D eigenvalue weighted by Gasteiger charge is -2.00. The van der Waals surface area contributed by atoms with Crippen LogP contribution in [0, 0.1) is 5.41 Å². The molecule has 0 spiro atoms. The van der Waals surface area contributed by atoms with E-state index >= 15 is 0 Å². The lowest BCUT2D eigenvalue weighted by molar-refractivity contribution is 0.0983. The van der Waals surface area contributed by atoms with Crippen LogP contribution in [0.1, 0.15) is 10.5 Å². The number of aromatic nitrogens is 2. The Morgan fingerprint density at radius 2 is 2.42 bits per heavy atom. The van der Waals surface area contributed by atoms with E-state index in [-0.39, 0.29) is 10.8 Å². The summed E-state index contributed by atoms with van der Waals surface area (Å²) >= 11 is 5.38. The molecule has 0 bridgehead atoms. The number of carbonyl (C=O) groups excluding carboxylic acids is 1. The molecule has 0 unspecified atom stereocenters. The molecule has 0 aromatic carbocycles. The van der Waals surface area contributed by atoms with E-state index in [1.165, 1.54) is 0 Å². The molecule has 0 aliphatic carbocycles. The first-order chi connectivity index (χ1) is 5.52. The van der Waals surface area contributed by atoms with Crippen molar-refractivity contribution >= 4 is 17.5 Å². The van der Waals surface area contributed by atoms with Crippen molar-refractivity contribution in [1.82, 2.24) is 9.71 Å². The maximum atomic E-state index is 10.6. The van der Waals surface area contributed by atoms with Gasteiger partial charge in [-0.15, -0.1) is 0 Å². The van der Waals surface area contributed by atoms with Crippen LogP contribution in [0.25, 0.3) is 0 Å². The normalized spacial score (nSPS) is 9.75. The van der Waals surface area contributed by atoms with E-state index in [0.29, 0.717) is 4.73 Å². The number of hydrogen-bond acceptors (Lipinski definition) is 4. The molecule has 0 fully saturated rings. The molecular weight excluding hydrogens is 184 g/mol. The van der Waals surface area contributed by atoms with Crippen molar-refractivity contribution < 1.29 is 10.0 Å². The second-order valence-electron chi connectivity index (χ2n) is 1.97. The molecule has 0 atom stereocenters. The molecule has 0 saturated heterocycles. The lowest BCUT2D eigenvalue weighted by atomic mass is 10.4. The zero-order chi connectivity index (χ0) is 9.30. The quantitative estimate of drug-likeness (QED) is 0.510. The summed E-state index contributed by atoms with van der Waals surface area (Å²) in [4.78, 5) is 14.0. The van der Waals surface area contributed by atoms with Crippen LogP contribution < -0.4 is 11.2 Å². The highest BCUT2D eigenvalue weighted by molar-refractivity contribution is 6.29. The summed E-state index contributed by atoms with van der Waals surface area (Å²) < 4.78 is 0.370. The van der Waals surface area contributed by atoms with E-state index in [4.69, 9.17) is 28.0 Å². The third-order valence-corrected chi connectivity index (χ3v) is 1.32. The van der Waals surface area contributed by atoms with Crippen LogP contribution in [0.5, 0.6) is 0 Å². The first kappa shape index (κ1) is 8.54. The average Bonchev–Trinajstić information content (AvgIpc) is 1.96. The Balaban J connectivity index is 3.49. The fourth-order valence-electron chi connectivity index (χ4n) is 0.634. The molecule has 12 heavy (non-hydrogen) atoms. The smallest absolute Gasteiger partial charge is 0.271 e. The van der Waals surface area contributed by atoms with Crippen molar-refractivity contribution in [2.45, 2.75) is 0 Å².